The first-order chi connectivity index (χ1) is 20.5. The van der Waals surface area contributed by atoms with Crippen molar-refractivity contribution in [2.45, 2.75) is 0 Å². The van der Waals surface area contributed by atoms with E-state index < -0.39 is 0 Å². The summed E-state index contributed by atoms with van der Waals surface area (Å²) in [5.74, 6) is 0.484. The Bertz CT molecular complexity index is 1750. The topological polar surface area (TPSA) is 63.5 Å². The zero-order valence-corrected chi connectivity index (χ0v) is 24.0. The minimum atomic E-state index is -0.0960. The van der Waals surface area contributed by atoms with E-state index in [-0.39, 0.29) is 5.78 Å². The Kier molecular flexibility index (Phi) is 7.26. The number of hydrogen-bond donors (Lipinski definition) is 0. The smallest absolute Gasteiger partial charge is 0.196 e. The van der Waals surface area contributed by atoms with Crippen LogP contribution in [0.5, 0.6) is 0 Å². The van der Waals surface area contributed by atoms with E-state index in [1.54, 1.807) is 0 Å². The van der Waals surface area contributed by atoms with Crippen molar-refractivity contribution in [1.29, 1.82) is 5.26 Å². The second-order valence-corrected chi connectivity index (χ2v) is 10.7. The number of anilines is 4. The third-order valence-electron chi connectivity index (χ3n) is 7.63. The molecule has 0 fully saturated rings. The SMILES string of the molecule is CN(C)CCN(C)c1nc(-c2ccc(N(c3ccccc3)c3ccccc3)cc2)c2c(c1C#N)-c1ccccc1C2=O. The summed E-state index contributed by atoms with van der Waals surface area (Å²) in [4.78, 5) is 25.2. The number of nitriles is 1. The van der Waals surface area contributed by atoms with E-state index >= 15 is 0 Å². The number of carbonyl (C=O) groups is 1. The van der Waals surface area contributed by atoms with E-state index in [9.17, 15) is 10.1 Å². The summed E-state index contributed by atoms with van der Waals surface area (Å²) in [5.41, 5.74) is 7.49. The molecule has 4 aromatic carbocycles. The van der Waals surface area contributed by atoms with Gasteiger partial charge in [-0.15, -0.1) is 0 Å². The second kappa shape index (κ2) is 11.3. The van der Waals surface area contributed by atoms with E-state index in [1.165, 1.54) is 0 Å². The number of fused-ring (bicyclic) bond motifs is 3. The molecule has 0 spiro atoms. The van der Waals surface area contributed by atoms with Crippen LogP contribution in [0.4, 0.5) is 22.9 Å². The number of pyridine rings is 1. The van der Waals surface area contributed by atoms with Gasteiger partial charge in [-0.3, -0.25) is 4.79 Å². The van der Waals surface area contributed by atoms with Crippen molar-refractivity contribution >= 4 is 28.7 Å². The maximum Gasteiger partial charge on any atom is 0.196 e. The highest BCUT2D eigenvalue weighted by Crippen LogP contribution is 2.46. The van der Waals surface area contributed by atoms with Gasteiger partial charge in [0.05, 0.1) is 11.3 Å². The Morgan fingerprint density at radius 3 is 1.79 bits per heavy atom. The first kappa shape index (κ1) is 26.9. The minimum absolute atomic E-state index is 0.0960. The van der Waals surface area contributed by atoms with Crippen molar-refractivity contribution in [2.75, 3.05) is 44.0 Å². The number of hydrogen-bond acceptors (Lipinski definition) is 6. The molecule has 42 heavy (non-hydrogen) atoms. The van der Waals surface area contributed by atoms with Gasteiger partial charge in [-0.25, -0.2) is 4.98 Å². The van der Waals surface area contributed by atoms with Crippen LogP contribution in [0, 0.1) is 11.3 Å². The van der Waals surface area contributed by atoms with Crippen LogP contribution in [-0.2, 0) is 0 Å². The predicted octanol–water partition coefficient (Wildman–Crippen LogP) is 7.30. The third-order valence-corrected chi connectivity index (χ3v) is 7.63. The van der Waals surface area contributed by atoms with Crippen molar-refractivity contribution in [3.8, 4) is 28.5 Å². The Hall–Kier alpha value is -5.25. The Morgan fingerprint density at radius 1 is 0.667 bits per heavy atom. The van der Waals surface area contributed by atoms with Gasteiger partial charge in [0.25, 0.3) is 0 Å². The first-order valence-electron chi connectivity index (χ1n) is 14.0. The molecule has 6 heteroatoms. The van der Waals surface area contributed by atoms with Crippen LogP contribution >= 0.6 is 0 Å². The Labute approximate surface area is 246 Å². The average Bonchev–Trinajstić information content (AvgIpc) is 3.33. The molecule has 6 nitrogen and oxygen atoms in total. The Morgan fingerprint density at radius 2 is 1.21 bits per heavy atom. The maximum absolute atomic E-state index is 13.8. The molecule has 1 heterocycles. The van der Waals surface area contributed by atoms with Gasteiger partial charge in [-0.2, -0.15) is 5.26 Å². The highest BCUT2D eigenvalue weighted by molar-refractivity contribution is 6.25. The largest absolute Gasteiger partial charge is 0.357 e. The molecular formula is C36H31N5O. The van der Waals surface area contributed by atoms with Gasteiger partial charge in [-0.1, -0.05) is 72.8 Å². The summed E-state index contributed by atoms with van der Waals surface area (Å²) >= 11 is 0. The quantitative estimate of drug-likeness (QED) is 0.199. The van der Waals surface area contributed by atoms with Gasteiger partial charge in [0, 0.05) is 53.9 Å². The molecule has 6 rings (SSSR count). The standard InChI is InChI=1S/C36H31N5O/c1-39(2)22-23-40(3)36-31(24-37)32-29-16-10-11-17-30(29)35(42)33(32)34(38-36)25-18-20-28(21-19-25)41(26-12-6-4-7-13-26)27-14-8-5-9-15-27/h4-21H,22-23H2,1-3H3. The summed E-state index contributed by atoms with van der Waals surface area (Å²) in [5, 5.41) is 10.4. The lowest BCUT2D eigenvalue weighted by atomic mass is 9.96. The van der Waals surface area contributed by atoms with Crippen molar-refractivity contribution in [3.05, 3.63) is 126 Å². The van der Waals surface area contributed by atoms with Crippen LogP contribution in [0.15, 0.2) is 109 Å². The van der Waals surface area contributed by atoms with Crippen LogP contribution < -0.4 is 9.80 Å². The van der Waals surface area contributed by atoms with Crippen molar-refractivity contribution in [1.82, 2.24) is 9.88 Å². The summed E-state index contributed by atoms with van der Waals surface area (Å²) < 4.78 is 0. The lowest BCUT2D eigenvalue weighted by molar-refractivity contribution is 0.104. The Balaban J connectivity index is 1.50. The van der Waals surface area contributed by atoms with E-state index in [2.05, 4.69) is 52.3 Å². The summed E-state index contributed by atoms with van der Waals surface area (Å²) in [6, 6.07) is 38.5. The van der Waals surface area contributed by atoms with E-state index in [0.29, 0.717) is 40.3 Å². The fourth-order valence-electron chi connectivity index (χ4n) is 5.51. The van der Waals surface area contributed by atoms with Crippen LogP contribution in [-0.4, -0.2) is 49.9 Å². The number of ketones is 1. The number of aromatic nitrogens is 1. The number of carbonyl (C=O) groups excluding carboxylic acids is 1. The maximum atomic E-state index is 13.8. The molecule has 0 radical (unpaired) electrons. The molecule has 1 aromatic heterocycles. The van der Waals surface area contributed by atoms with Gasteiger partial charge in [-0.05, 0) is 56.1 Å². The molecular weight excluding hydrogens is 518 g/mol. The molecule has 1 aliphatic rings. The first-order valence-corrected chi connectivity index (χ1v) is 14.0. The lowest BCUT2D eigenvalue weighted by Crippen LogP contribution is -2.30. The monoisotopic (exact) mass is 549 g/mol. The molecule has 0 aliphatic heterocycles. The molecule has 5 aromatic rings. The van der Waals surface area contributed by atoms with Gasteiger partial charge in [0.2, 0.25) is 0 Å². The zero-order valence-electron chi connectivity index (χ0n) is 24.0. The van der Waals surface area contributed by atoms with E-state index in [0.717, 1.165) is 34.7 Å². The van der Waals surface area contributed by atoms with Crippen LogP contribution in [0.2, 0.25) is 0 Å². The highest BCUT2D eigenvalue weighted by atomic mass is 16.1. The van der Waals surface area contributed by atoms with Crippen molar-refractivity contribution in [3.63, 3.8) is 0 Å². The van der Waals surface area contributed by atoms with Gasteiger partial charge < -0.3 is 14.7 Å². The average molecular weight is 550 g/mol. The van der Waals surface area contributed by atoms with Crippen LogP contribution in [0.25, 0.3) is 22.4 Å². The molecule has 206 valence electrons. The number of likely N-dealkylation sites (N-methyl/N-ethyl adjacent to an activating group) is 2. The fraction of sp³-hybridized carbons (Fsp3) is 0.139. The zero-order chi connectivity index (χ0) is 29.2. The van der Waals surface area contributed by atoms with Crippen LogP contribution in [0.3, 0.4) is 0 Å². The van der Waals surface area contributed by atoms with Crippen molar-refractivity contribution in [2.24, 2.45) is 0 Å². The summed E-state index contributed by atoms with van der Waals surface area (Å²) in [6.45, 7) is 1.49. The van der Waals surface area contributed by atoms with Crippen molar-refractivity contribution < 1.29 is 4.79 Å². The minimum Gasteiger partial charge on any atom is -0.357 e. The summed E-state index contributed by atoms with van der Waals surface area (Å²) in [6.07, 6.45) is 0. The van der Waals surface area contributed by atoms with Gasteiger partial charge in [0.15, 0.2) is 5.78 Å². The fourth-order valence-corrected chi connectivity index (χ4v) is 5.51. The predicted molar refractivity (Wildman–Crippen MR) is 170 cm³/mol. The molecule has 0 unspecified atom stereocenters. The molecule has 0 saturated carbocycles. The lowest BCUT2D eigenvalue weighted by Gasteiger charge is -2.26. The van der Waals surface area contributed by atoms with E-state index in [1.807, 2.05) is 98.8 Å². The normalized spacial score (nSPS) is 11.6. The van der Waals surface area contributed by atoms with E-state index in [4.69, 9.17) is 4.98 Å². The molecule has 0 atom stereocenters. The number of benzene rings is 4. The van der Waals surface area contributed by atoms with Crippen LogP contribution in [0.1, 0.15) is 21.5 Å². The molecule has 0 saturated heterocycles. The molecule has 0 bridgehead atoms. The van der Waals surface area contributed by atoms with Gasteiger partial charge >= 0.3 is 0 Å². The molecule has 0 N–H and O–H groups in total. The molecule has 1 aliphatic carbocycles. The third kappa shape index (κ3) is 4.81. The molecule has 0 amide bonds. The second-order valence-electron chi connectivity index (χ2n) is 10.7. The number of nitrogens with zero attached hydrogens (tertiary/aromatic N) is 5. The van der Waals surface area contributed by atoms with Gasteiger partial charge in [0.1, 0.15) is 17.5 Å². The number of para-hydroxylation sites is 2. The number of rotatable bonds is 8. The summed E-state index contributed by atoms with van der Waals surface area (Å²) in [7, 11) is 5.99. The highest BCUT2D eigenvalue weighted by Gasteiger charge is 2.35.